The fraction of sp³-hybridized carbons (Fsp3) is 0.111. The molecule has 0 radical (unpaired) electrons. The van der Waals surface area contributed by atoms with Gasteiger partial charge in [-0.05, 0) is 23.1 Å². The number of ether oxygens (including phenoxy) is 1. The molecule has 0 bridgehead atoms. The zero-order valence-electron chi connectivity index (χ0n) is 12.9. The van der Waals surface area contributed by atoms with Crippen molar-refractivity contribution in [2.45, 2.75) is 6.42 Å². The first-order chi connectivity index (χ1) is 11.7. The van der Waals surface area contributed by atoms with E-state index in [9.17, 15) is 9.59 Å². The molecule has 2 aromatic heterocycles. The number of hydrogen-bond acceptors (Lipinski definition) is 5. The molecule has 0 unspecified atom stereocenters. The first-order valence-corrected chi connectivity index (χ1v) is 8.97. The van der Waals surface area contributed by atoms with Crippen LogP contribution in [-0.4, -0.2) is 19.0 Å². The van der Waals surface area contributed by atoms with Crippen molar-refractivity contribution in [1.82, 2.24) is 0 Å². The molecule has 1 amide bonds. The molecular weight excluding hydrogens is 342 g/mol. The van der Waals surface area contributed by atoms with Gasteiger partial charge in [-0.15, -0.1) is 22.7 Å². The molecule has 0 aliphatic rings. The lowest BCUT2D eigenvalue weighted by atomic mass is 10.2. The average molecular weight is 357 g/mol. The second-order valence-corrected chi connectivity index (χ2v) is 7.10. The zero-order valence-corrected chi connectivity index (χ0v) is 14.6. The maximum Gasteiger partial charge on any atom is 0.350 e. The summed E-state index contributed by atoms with van der Waals surface area (Å²) in [6.45, 7) is 0. The van der Waals surface area contributed by atoms with Crippen molar-refractivity contribution >= 4 is 40.2 Å². The van der Waals surface area contributed by atoms with Gasteiger partial charge in [-0.2, -0.15) is 0 Å². The van der Waals surface area contributed by atoms with Crippen molar-refractivity contribution in [2.75, 3.05) is 12.4 Å². The number of thiophene rings is 2. The molecule has 1 N–H and O–H groups in total. The van der Waals surface area contributed by atoms with E-state index in [-0.39, 0.29) is 12.3 Å². The third-order valence-electron chi connectivity index (χ3n) is 3.35. The fourth-order valence-electron chi connectivity index (χ4n) is 2.24. The molecule has 0 saturated heterocycles. The number of anilines is 1. The lowest BCUT2D eigenvalue weighted by Crippen LogP contribution is -2.15. The van der Waals surface area contributed by atoms with Crippen molar-refractivity contribution in [1.29, 1.82) is 0 Å². The highest BCUT2D eigenvalue weighted by Gasteiger charge is 2.19. The number of nitrogens with one attached hydrogen (secondary N) is 1. The van der Waals surface area contributed by atoms with Crippen LogP contribution in [0.1, 0.15) is 14.5 Å². The Morgan fingerprint density at radius 3 is 2.58 bits per heavy atom. The lowest BCUT2D eigenvalue weighted by molar-refractivity contribution is -0.115. The molecule has 0 aliphatic carbocycles. The third kappa shape index (κ3) is 3.72. The first-order valence-electron chi connectivity index (χ1n) is 7.27. The smallest absolute Gasteiger partial charge is 0.350 e. The molecule has 0 aliphatic heterocycles. The van der Waals surface area contributed by atoms with E-state index in [1.54, 1.807) is 0 Å². The minimum absolute atomic E-state index is 0.153. The van der Waals surface area contributed by atoms with Gasteiger partial charge in [-0.1, -0.05) is 36.4 Å². The highest BCUT2D eigenvalue weighted by Crippen LogP contribution is 2.35. The maximum atomic E-state index is 12.2. The van der Waals surface area contributed by atoms with Crippen LogP contribution >= 0.6 is 22.7 Å². The Hall–Kier alpha value is -2.44. The van der Waals surface area contributed by atoms with E-state index < -0.39 is 5.97 Å². The van der Waals surface area contributed by atoms with E-state index in [1.165, 1.54) is 29.8 Å². The first kappa shape index (κ1) is 16.4. The molecule has 6 heteroatoms. The third-order valence-corrected chi connectivity index (χ3v) is 5.39. The minimum atomic E-state index is -0.450. The summed E-state index contributed by atoms with van der Waals surface area (Å²) in [5.74, 6) is -0.603. The number of esters is 1. The van der Waals surface area contributed by atoms with Crippen molar-refractivity contribution in [2.24, 2.45) is 0 Å². The predicted molar refractivity (Wildman–Crippen MR) is 97.7 cm³/mol. The van der Waals surface area contributed by atoms with E-state index >= 15 is 0 Å². The Morgan fingerprint density at radius 2 is 1.92 bits per heavy atom. The zero-order chi connectivity index (χ0) is 16.9. The van der Waals surface area contributed by atoms with Crippen LogP contribution in [-0.2, 0) is 16.0 Å². The molecule has 1 aromatic carbocycles. The number of amides is 1. The summed E-state index contributed by atoms with van der Waals surface area (Å²) in [5.41, 5.74) is 1.48. The number of rotatable bonds is 5. The SMILES string of the molecule is COC(=O)c1sc(-c2ccccc2)cc1NC(=O)Cc1cccs1. The van der Waals surface area contributed by atoms with Gasteiger partial charge in [0.1, 0.15) is 4.88 Å². The van der Waals surface area contributed by atoms with Gasteiger partial charge in [-0.25, -0.2) is 4.79 Å². The normalized spacial score (nSPS) is 10.4. The van der Waals surface area contributed by atoms with Gasteiger partial charge >= 0.3 is 5.97 Å². The van der Waals surface area contributed by atoms with E-state index in [2.05, 4.69) is 5.32 Å². The summed E-state index contributed by atoms with van der Waals surface area (Å²) in [5, 5.41) is 4.76. The van der Waals surface area contributed by atoms with Crippen LogP contribution in [0.25, 0.3) is 10.4 Å². The Morgan fingerprint density at radius 1 is 1.12 bits per heavy atom. The minimum Gasteiger partial charge on any atom is -0.465 e. The highest BCUT2D eigenvalue weighted by atomic mass is 32.1. The molecule has 24 heavy (non-hydrogen) atoms. The van der Waals surface area contributed by atoms with Crippen LogP contribution in [0.5, 0.6) is 0 Å². The van der Waals surface area contributed by atoms with Gasteiger partial charge < -0.3 is 10.1 Å². The number of hydrogen-bond donors (Lipinski definition) is 1. The van der Waals surface area contributed by atoms with E-state index in [4.69, 9.17) is 4.74 Å². The number of carbonyl (C=O) groups is 2. The molecule has 2 heterocycles. The van der Waals surface area contributed by atoms with Crippen molar-refractivity contribution in [3.8, 4) is 10.4 Å². The van der Waals surface area contributed by atoms with Crippen LogP contribution in [0, 0.1) is 0 Å². The summed E-state index contributed by atoms with van der Waals surface area (Å²) in [7, 11) is 1.33. The van der Waals surface area contributed by atoms with Gasteiger partial charge in [0.15, 0.2) is 0 Å². The van der Waals surface area contributed by atoms with Gasteiger partial charge in [0.2, 0.25) is 5.91 Å². The van der Waals surface area contributed by atoms with Crippen LogP contribution in [0.2, 0.25) is 0 Å². The maximum absolute atomic E-state index is 12.2. The molecule has 0 saturated carbocycles. The predicted octanol–water partition coefficient (Wildman–Crippen LogP) is 4.44. The van der Waals surface area contributed by atoms with Crippen LogP contribution in [0.3, 0.4) is 0 Å². The standard InChI is InChI=1S/C18H15NO3S2/c1-22-18(21)17-14(19-16(20)10-13-8-5-9-23-13)11-15(24-17)12-6-3-2-4-7-12/h2-9,11H,10H2,1H3,(H,19,20). The Balaban J connectivity index is 1.86. The Bertz CT molecular complexity index is 839. The Kier molecular flexibility index (Phi) is 5.08. The fourth-order valence-corrected chi connectivity index (χ4v) is 3.98. The molecule has 0 spiro atoms. The number of benzene rings is 1. The van der Waals surface area contributed by atoms with Gasteiger partial charge in [0.25, 0.3) is 0 Å². The van der Waals surface area contributed by atoms with Gasteiger partial charge in [-0.3, -0.25) is 4.79 Å². The summed E-state index contributed by atoms with van der Waals surface area (Å²) in [6.07, 6.45) is 0.287. The monoisotopic (exact) mass is 357 g/mol. The van der Waals surface area contributed by atoms with Crippen LogP contribution in [0.15, 0.2) is 53.9 Å². The van der Waals surface area contributed by atoms with Crippen LogP contribution < -0.4 is 5.32 Å². The van der Waals surface area contributed by atoms with Crippen LogP contribution in [0.4, 0.5) is 5.69 Å². The quantitative estimate of drug-likeness (QED) is 0.687. The number of methoxy groups -OCH3 is 1. The topological polar surface area (TPSA) is 55.4 Å². The van der Waals surface area contributed by atoms with E-state index in [1.807, 2.05) is 53.9 Å². The average Bonchev–Trinajstić information content (AvgIpc) is 3.25. The summed E-state index contributed by atoms with van der Waals surface area (Å²) in [4.78, 5) is 26.5. The lowest BCUT2D eigenvalue weighted by Gasteiger charge is -2.04. The largest absolute Gasteiger partial charge is 0.465 e. The van der Waals surface area contributed by atoms with Crippen molar-refractivity contribution in [3.05, 3.63) is 63.7 Å². The van der Waals surface area contributed by atoms with E-state index in [0.717, 1.165) is 15.3 Å². The molecule has 0 fully saturated rings. The van der Waals surface area contributed by atoms with E-state index in [0.29, 0.717) is 10.6 Å². The molecule has 3 aromatic rings. The van der Waals surface area contributed by atoms with Gasteiger partial charge in [0.05, 0.1) is 19.2 Å². The molecule has 122 valence electrons. The second-order valence-electron chi connectivity index (χ2n) is 5.02. The summed E-state index contributed by atoms with van der Waals surface area (Å²) in [6, 6.07) is 15.4. The van der Waals surface area contributed by atoms with Crippen molar-refractivity contribution < 1.29 is 14.3 Å². The number of carbonyl (C=O) groups excluding carboxylic acids is 2. The molecule has 3 rings (SSSR count). The summed E-state index contributed by atoms with van der Waals surface area (Å²) >= 11 is 2.84. The summed E-state index contributed by atoms with van der Waals surface area (Å²) < 4.78 is 4.84. The van der Waals surface area contributed by atoms with Gasteiger partial charge in [0, 0.05) is 9.75 Å². The van der Waals surface area contributed by atoms with Crippen molar-refractivity contribution in [3.63, 3.8) is 0 Å². The second kappa shape index (κ2) is 7.42. The Labute approximate surface area is 147 Å². The molecule has 0 atom stereocenters. The molecular formula is C18H15NO3S2. The molecule has 4 nitrogen and oxygen atoms in total. The highest BCUT2D eigenvalue weighted by molar-refractivity contribution is 7.18.